The normalized spacial score (nSPS) is 27.4. The van der Waals surface area contributed by atoms with E-state index >= 15 is 0 Å². The van der Waals surface area contributed by atoms with Crippen molar-refractivity contribution >= 4 is 5.91 Å². The molecule has 0 N–H and O–H groups in total. The predicted octanol–water partition coefficient (Wildman–Crippen LogP) is 2.00. The topological polar surface area (TPSA) is 48.0 Å². The average molecular weight is 323 g/mol. The van der Waals surface area contributed by atoms with Crippen LogP contribution in [0.5, 0.6) is 5.75 Å². The summed E-state index contributed by atoms with van der Waals surface area (Å²) in [5.74, 6) is 0.356. The number of nitrogens with zero attached hydrogens (tertiary/aromatic N) is 1. The molecule has 1 spiro atoms. The molecule has 0 aromatic heterocycles. The van der Waals surface area contributed by atoms with Crippen molar-refractivity contribution in [1.29, 1.82) is 0 Å². The van der Waals surface area contributed by atoms with Crippen LogP contribution in [0.1, 0.15) is 19.3 Å². The van der Waals surface area contributed by atoms with Gasteiger partial charge in [-0.3, -0.25) is 4.79 Å². The van der Waals surface area contributed by atoms with Crippen molar-refractivity contribution in [2.75, 3.05) is 33.4 Å². The van der Waals surface area contributed by atoms with Crippen molar-refractivity contribution in [2.45, 2.75) is 31.0 Å². The van der Waals surface area contributed by atoms with Crippen LogP contribution in [0.4, 0.5) is 4.39 Å². The second kappa shape index (κ2) is 6.84. The fourth-order valence-electron chi connectivity index (χ4n) is 3.39. The van der Waals surface area contributed by atoms with Crippen LogP contribution >= 0.6 is 0 Å². The SMILES string of the molecule is COCC(=O)N1CCC[C@@]2(C[C@@H](Oc3ccc(F)cc3)CO2)C1. The van der Waals surface area contributed by atoms with Crippen LogP contribution in [0.25, 0.3) is 0 Å². The van der Waals surface area contributed by atoms with Gasteiger partial charge in [-0.05, 0) is 37.1 Å². The van der Waals surface area contributed by atoms with Gasteiger partial charge in [-0.1, -0.05) is 0 Å². The average Bonchev–Trinajstić information content (AvgIpc) is 2.92. The minimum absolute atomic E-state index is 0.00178. The summed E-state index contributed by atoms with van der Waals surface area (Å²) in [6.45, 7) is 1.92. The first-order valence-corrected chi connectivity index (χ1v) is 7.93. The minimum Gasteiger partial charge on any atom is -0.488 e. The molecule has 23 heavy (non-hydrogen) atoms. The first-order valence-electron chi connectivity index (χ1n) is 7.93. The zero-order valence-corrected chi connectivity index (χ0v) is 13.3. The number of hydrogen-bond acceptors (Lipinski definition) is 4. The molecule has 0 radical (unpaired) electrons. The summed E-state index contributed by atoms with van der Waals surface area (Å²) in [7, 11) is 1.52. The van der Waals surface area contributed by atoms with E-state index in [1.165, 1.54) is 19.2 Å². The van der Waals surface area contributed by atoms with Gasteiger partial charge in [0.15, 0.2) is 0 Å². The zero-order chi connectivity index (χ0) is 16.3. The molecule has 2 aliphatic heterocycles. The maximum Gasteiger partial charge on any atom is 0.248 e. The molecule has 6 heteroatoms. The second-order valence-electron chi connectivity index (χ2n) is 6.24. The Balaban J connectivity index is 1.59. The number of hydrogen-bond donors (Lipinski definition) is 0. The van der Waals surface area contributed by atoms with Crippen LogP contribution in [0.3, 0.4) is 0 Å². The molecule has 1 aromatic rings. The van der Waals surface area contributed by atoms with E-state index in [4.69, 9.17) is 14.2 Å². The molecule has 0 bridgehead atoms. The van der Waals surface area contributed by atoms with Crippen molar-refractivity contribution in [2.24, 2.45) is 0 Å². The zero-order valence-electron chi connectivity index (χ0n) is 13.3. The van der Waals surface area contributed by atoms with Crippen molar-refractivity contribution in [3.05, 3.63) is 30.1 Å². The Bertz CT molecular complexity index is 550. The summed E-state index contributed by atoms with van der Waals surface area (Å²) in [5.41, 5.74) is -0.327. The Labute approximate surface area is 135 Å². The molecule has 5 nitrogen and oxygen atoms in total. The molecule has 2 fully saturated rings. The van der Waals surface area contributed by atoms with E-state index in [9.17, 15) is 9.18 Å². The molecule has 2 saturated heterocycles. The Hall–Kier alpha value is -1.66. The highest BCUT2D eigenvalue weighted by Gasteiger charge is 2.45. The van der Waals surface area contributed by atoms with Gasteiger partial charge in [0.2, 0.25) is 5.91 Å². The third-order valence-electron chi connectivity index (χ3n) is 4.45. The molecule has 1 amide bonds. The van der Waals surface area contributed by atoms with Crippen LogP contribution < -0.4 is 4.74 Å². The number of ether oxygens (including phenoxy) is 3. The predicted molar refractivity (Wildman–Crippen MR) is 81.8 cm³/mol. The van der Waals surface area contributed by atoms with Gasteiger partial charge in [0.05, 0.1) is 12.2 Å². The molecule has 0 aliphatic carbocycles. The number of benzene rings is 1. The van der Waals surface area contributed by atoms with Gasteiger partial charge in [0, 0.05) is 26.6 Å². The number of carbonyl (C=O) groups is 1. The lowest BCUT2D eigenvalue weighted by atomic mass is 9.89. The second-order valence-corrected chi connectivity index (χ2v) is 6.24. The van der Waals surface area contributed by atoms with Gasteiger partial charge in [-0.15, -0.1) is 0 Å². The third kappa shape index (κ3) is 3.82. The van der Waals surface area contributed by atoms with Gasteiger partial charge in [0.1, 0.15) is 24.3 Å². The van der Waals surface area contributed by atoms with E-state index in [0.717, 1.165) is 25.8 Å². The smallest absolute Gasteiger partial charge is 0.248 e. The molecule has 2 heterocycles. The van der Waals surface area contributed by atoms with E-state index in [1.54, 1.807) is 12.1 Å². The Kier molecular flexibility index (Phi) is 4.82. The van der Waals surface area contributed by atoms with E-state index in [2.05, 4.69) is 0 Å². The molecular weight excluding hydrogens is 301 g/mol. The molecule has 2 aliphatic rings. The first-order chi connectivity index (χ1) is 11.1. The van der Waals surface area contributed by atoms with Gasteiger partial charge in [0.25, 0.3) is 0 Å². The number of halogens is 1. The molecule has 2 atom stereocenters. The maximum atomic E-state index is 12.9. The number of likely N-dealkylation sites (tertiary alicyclic amines) is 1. The van der Waals surface area contributed by atoms with Gasteiger partial charge < -0.3 is 19.1 Å². The monoisotopic (exact) mass is 323 g/mol. The number of amides is 1. The van der Waals surface area contributed by atoms with Gasteiger partial charge in [-0.2, -0.15) is 0 Å². The first kappa shape index (κ1) is 16.2. The van der Waals surface area contributed by atoms with Crippen molar-refractivity contribution in [1.82, 2.24) is 4.90 Å². The highest BCUT2D eigenvalue weighted by Crippen LogP contribution is 2.36. The van der Waals surface area contributed by atoms with Crippen LogP contribution in [0, 0.1) is 5.82 Å². The largest absolute Gasteiger partial charge is 0.488 e. The summed E-state index contributed by atoms with van der Waals surface area (Å²) in [5, 5.41) is 0. The summed E-state index contributed by atoms with van der Waals surface area (Å²) in [6, 6.07) is 6.00. The number of methoxy groups -OCH3 is 1. The lowest BCUT2D eigenvalue weighted by Crippen LogP contribution is -2.51. The summed E-state index contributed by atoms with van der Waals surface area (Å²) in [6.07, 6.45) is 2.50. The van der Waals surface area contributed by atoms with E-state index in [1.807, 2.05) is 4.90 Å². The maximum absolute atomic E-state index is 12.9. The minimum atomic E-state index is -0.327. The van der Waals surface area contributed by atoms with Gasteiger partial charge >= 0.3 is 0 Å². The lowest BCUT2D eigenvalue weighted by Gasteiger charge is -2.39. The lowest BCUT2D eigenvalue weighted by molar-refractivity contribution is -0.143. The van der Waals surface area contributed by atoms with Crippen LogP contribution in [-0.4, -0.2) is 55.9 Å². The highest BCUT2D eigenvalue weighted by molar-refractivity contribution is 5.77. The molecular formula is C17H22FNO4. The fraction of sp³-hybridized carbons (Fsp3) is 0.588. The van der Waals surface area contributed by atoms with Crippen molar-refractivity contribution < 1.29 is 23.4 Å². The van der Waals surface area contributed by atoms with Crippen LogP contribution in [0.2, 0.25) is 0 Å². The van der Waals surface area contributed by atoms with Crippen molar-refractivity contribution in [3.63, 3.8) is 0 Å². The summed E-state index contributed by atoms with van der Waals surface area (Å²) < 4.78 is 29.8. The van der Waals surface area contributed by atoms with Crippen molar-refractivity contribution in [3.8, 4) is 5.75 Å². The Morgan fingerprint density at radius 2 is 2.22 bits per heavy atom. The fourth-order valence-corrected chi connectivity index (χ4v) is 3.39. The molecule has 3 rings (SSSR count). The van der Waals surface area contributed by atoms with Gasteiger partial charge in [-0.25, -0.2) is 4.39 Å². The Morgan fingerprint density at radius 3 is 2.96 bits per heavy atom. The summed E-state index contributed by atoms with van der Waals surface area (Å²) >= 11 is 0. The standard InChI is InChI=1S/C17H22FNO4/c1-21-11-16(20)19-8-2-7-17(12-19)9-15(10-22-17)23-14-5-3-13(18)4-6-14/h3-6,15H,2,7-12H2,1H3/t15-,17-/m1/s1. The Morgan fingerprint density at radius 1 is 1.43 bits per heavy atom. The van der Waals surface area contributed by atoms with E-state index in [-0.39, 0.29) is 30.0 Å². The highest BCUT2D eigenvalue weighted by atomic mass is 19.1. The van der Waals surface area contributed by atoms with Crippen LogP contribution in [-0.2, 0) is 14.3 Å². The number of rotatable bonds is 4. The molecule has 126 valence electrons. The molecule has 0 saturated carbocycles. The van der Waals surface area contributed by atoms with E-state index < -0.39 is 0 Å². The molecule has 0 unspecified atom stereocenters. The van der Waals surface area contributed by atoms with Crippen LogP contribution in [0.15, 0.2) is 24.3 Å². The summed E-state index contributed by atoms with van der Waals surface area (Å²) in [4.78, 5) is 13.8. The molecule has 1 aromatic carbocycles. The van der Waals surface area contributed by atoms with E-state index in [0.29, 0.717) is 18.9 Å². The third-order valence-corrected chi connectivity index (χ3v) is 4.45. The number of piperidine rings is 1. The number of carbonyl (C=O) groups excluding carboxylic acids is 1. The quantitative estimate of drug-likeness (QED) is 0.850.